The summed E-state index contributed by atoms with van der Waals surface area (Å²) in [5, 5.41) is 0. The van der Waals surface area contributed by atoms with Gasteiger partial charge in [0.1, 0.15) is 5.75 Å². The van der Waals surface area contributed by atoms with Gasteiger partial charge in [-0.2, -0.15) is 0 Å². The highest BCUT2D eigenvalue weighted by atomic mass is 35.5. The van der Waals surface area contributed by atoms with Crippen LogP contribution in [0.25, 0.3) is 0 Å². The minimum Gasteiger partial charge on any atom is -0.484 e. The zero-order valence-electron chi connectivity index (χ0n) is 15.4. The van der Waals surface area contributed by atoms with E-state index in [-0.39, 0.29) is 42.3 Å². The van der Waals surface area contributed by atoms with E-state index >= 15 is 0 Å². The Bertz CT molecular complexity index is 648. The molecule has 0 radical (unpaired) electrons. The summed E-state index contributed by atoms with van der Waals surface area (Å²) in [7, 11) is 0. The monoisotopic (exact) mass is 381 g/mol. The molecule has 2 heterocycles. The van der Waals surface area contributed by atoms with Crippen molar-refractivity contribution < 1.29 is 14.3 Å². The maximum Gasteiger partial charge on any atom is 0.260 e. The number of amides is 2. The molecule has 2 saturated heterocycles. The van der Waals surface area contributed by atoms with Gasteiger partial charge in [-0.3, -0.25) is 9.59 Å². The molecule has 2 N–H and O–H groups in total. The molecule has 0 spiro atoms. The molecule has 2 amide bonds. The summed E-state index contributed by atoms with van der Waals surface area (Å²) in [5.41, 5.74) is 6.93. The lowest BCUT2D eigenvalue weighted by Crippen LogP contribution is -2.54. The van der Waals surface area contributed by atoms with Crippen LogP contribution >= 0.6 is 12.4 Å². The van der Waals surface area contributed by atoms with E-state index in [9.17, 15) is 9.59 Å². The Labute approximate surface area is 161 Å². The molecular formula is C19H28ClN3O3. The molecule has 1 aromatic carbocycles. The molecule has 6 nitrogen and oxygen atoms in total. The van der Waals surface area contributed by atoms with Gasteiger partial charge in [-0.25, -0.2) is 0 Å². The lowest BCUT2D eigenvalue weighted by molar-refractivity contribution is -0.136. The number of likely N-dealkylation sites (tertiary alicyclic amines) is 1. The molecule has 2 aliphatic heterocycles. The second-order valence-corrected chi connectivity index (χ2v) is 7.63. The number of nitrogens with zero attached hydrogens (tertiary/aromatic N) is 2. The first-order valence-electron chi connectivity index (χ1n) is 8.93. The zero-order chi connectivity index (χ0) is 18.0. The van der Waals surface area contributed by atoms with Crippen molar-refractivity contribution in [3.05, 3.63) is 24.3 Å². The first-order chi connectivity index (χ1) is 11.9. The number of benzene rings is 1. The number of carbonyl (C=O) groups excluding carboxylic acids is 2. The van der Waals surface area contributed by atoms with Crippen molar-refractivity contribution >= 4 is 29.9 Å². The van der Waals surface area contributed by atoms with Crippen molar-refractivity contribution in [2.75, 3.05) is 31.1 Å². The van der Waals surface area contributed by atoms with Gasteiger partial charge in [0.15, 0.2) is 6.61 Å². The molecule has 26 heavy (non-hydrogen) atoms. The van der Waals surface area contributed by atoms with Gasteiger partial charge >= 0.3 is 0 Å². The molecule has 2 aliphatic rings. The molecule has 0 bridgehead atoms. The minimum absolute atomic E-state index is 0. The van der Waals surface area contributed by atoms with Crippen LogP contribution in [0.4, 0.5) is 5.69 Å². The van der Waals surface area contributed by atoms with Crippen LogP contribution in [-0.4, -0.2) is 49.0 Å². The molecule has 7 heteroatoms. The van der Waals surface area contributed by atoms with Crippen molar-refractivity contribution in [2.24, 2.45) is 11.1 Å². The smallest absolute Gasteiger partial charge is 0.260 e. The normalized spacial score (nSPS) is 22.1. The van der Waals surface area contributed by atoms with Crippen LogP contribution in [0.3, 0.4) is 0 Å². The molecule has 0 aromatic heterocycles. The van der Waals surface area contributed by atoms with E-state index in [1.807, 2.05) is 29.2 Å². The quantitative estimate of drug-likeness (QED) is 0.867. The number of anilines is 1. The number of ether oxygens (including phenoxy) is 1. The van der Waals surface area contributed by atoms with E-state index in [4.69, 9.17) is 10.5 Å². The van der Waals surface area contributed by atoms with Crippen molar-refractivity contribution in [2.45, 2.75) is 39.2 Å². The van der Waals surface area contributed by atoms with E-state index in [0.717, 1.165) is 25.1 Å². The highest BCUT2D eigenvalue weighted by molar-refractivity contribution is 5.95. The summed E-state index contributed by atoms with van der Waals surface area (Å²) in [5.74, 6) is 0.783. The van der Waals surface area contributed by atoms with Crippen molar-refractivity contribution in [3.8, 4) is 5.75 Å². The van der Waals surface area contributed by atoms with Gasteiger partial charge < -0.3 is 20.3 Å². The van der Waals surface area contributed by atoms with Crippen LogP contribution in [0, 0.1) is 5.41 Å². The Kier molecular flexibility index (Phi) is 6.53. The van der Waals surface area contributed by atoms with Gasteiger partial charge in [0.05, 0.1) is 0 Å². The molecular weight excluding hydrogens is 354 g/mol. The summed E-state index contributed by atoms with van der Waals surface area (Å²) < 4.78 is 5.63. The van der Waals surface area contributed by atoms with Crippen LogP contribution in [0.1, 0.15) is 33.1 Å². The lowest BCUT2D eigenvalue weighted by atomic mass is 9.80. The van der Waals surface area contributed by atoms with E-state index in [2.05, 4.69) is 13.8 Å². The average molecular weight is 382 g/mol. The van der Waals surface area contributed by atoms with Gasteiger partial charge in [0, 0.05) is 37.8 Å². The van der Waals surface area contributed by atoms with Crippen molar-refractivity contribution in [1.82, 2.24) is 4.90 Å². The molecule has 3 rings (SSSR count). The minimum atomic E-state index is -0.0716. The average Bonchev–Trinajstić information content (AvgIpc) is 3.01. The van der Waals surface area contributed by atoms with Crippen LogP contribution in [0.5, 0.6) is 5.75 Å². The van der Waals surface area contributed by atoms with Gasteiger partial charge in [-0.05, 0) is 42.5 Å². The fourth-order valence-corrected chi connectivity index (χ4v) is 3.47. The SMILES string of the molecule is CC1(C)CN(C(=O)COc2ccc(N3CCCC3=O)cc2)CCC1N.Cl. The number of nitrogens with two attached hydrogens (primary N) is 1. The Hall–Kier alpha value is -1.79. The molecule has 2 fully saturated rings. The predicted molar refractivity (Wildman–Crippen MR) is 104 cm³/mol. The second-order valence-electron chi connectivity index (χ2n) is 7.63. The standard InChI is InChI=1S/C19H27N3O3.ClH/c1-19(2)13-21(11-9-16(19)20)18(24)12-25-15-7-5-14(6-8-15)22-10-3-4-17(22)23;/h5-8,16H,3-4,9-13,20H2,1-2H3;1H. The number of halogens is 1. The van der Waals surface area contributed by atoms with Gasteiger partial charge in [-0.1, -0.05) is 13.8 Å². The molecule has 1 aromatic rings. The number of piperidine rings is 1. The lowest BCUT2D eigenvalue weighted by Gasteiger charge is -2.42. The zero-order valence-corrected chi connectivity index (χ0v) is 16.3. The van der Waals surface area contributed by atoms with Gasteiger partial charge in [0.25, 0.3) is 5.91 Å². The van der Waals surface area contributed by atoms with Gasteiger partial charge in [-0.15, -0.1) is 12.4 Å². The van der Waals surface area contributed by atoms with E-state index in [1.54, 1.807) is 4.90 Å². The van der Waals surface area contributed by atoms with E-state index in [1.165, 1.54) is 0 Å². The van der Waals surface area contributed by atoms with Crippen molar-refractivity contribution in [1.29, 1.82) is 0 Å². The summed E-state index contributed by atoms with van der Waals surface area (Å²) in [6.45, 7) is 6.32. The van der Waals surface area contributed by atoms with Crippen LogP contribution in [0.15, 0.2) is 24.3 Å². The Morgan fingerprint density at radius 3 is 2.54 bits per heavy atom. The summed E-state index contributed by atoms with van der Waals surface area (Å²) in [4.78, 5) is 27.8. The molecule has 0 saturated carbocycles. The Morgan fingerprint density at radius 1 is 1.27 bits per heavy atom. The Balaban J connectivity index is 0.00000243. The topological polar surface area (TPSA) is 75.9 Å². The highest BCUT2D eigenvalue weighted by Gasteiger charge is 2.35. The number of carbonyl (C=O) groups is 2. The van der Waals surface area contributed by atoms with Crippen LogP contribution in [-0.2, 0) is 9.59 Å². The summed E-state index contributed by atoms with van der Waals surface area (Å²) >= 11 is 0. The summed E-state index contributed by atoms with van der Waals surface area (Å²) in [6.07, 6.45) is 2.33. The predicted octanol–water partition coefficient (Wildman–Crippen LogP) is 2.20. The molecule has 144 valence electrons. The maximum absolute atomic E-state index is 12.4. The number of hydrogen-bond donors (Lipinski definition) is 1. The molecule has 1 atom stereocenters. The number of hydrogen-bond acceptors (Lipinski definition) is 4. The third-order valence-electron chi connectivity index (χ3n) is 5.25. The second kappa shape index (κ2) is 8.27. The first kappa shape index (κ1) is 20.5. The number of rotatable bonds is 4. The fourth-order valence-electron chi connectivity index (χ4n) is 3.47. The van der Waals surface area contributed by atoms with E-state index < -0.39 is 0 Å². The van der Waals surface area contributed by atoms with Gasteiger partial charge in [0.2, 0.25) is 5.91 Å². The summed E-state index contributed by atoms with van der Waals surface area (Å²) in [6, 6.07) is 7.48. The molecule has 0 aliphatic carbocycles. The van der Waals surface area contributed by atoms with Crippen LogP contribution in [0.2, 0.25) is 0 Å². The fraction of sp³-hybridized carbons (Fsp3) is 0.579. The van der Waals surface area contributed by atoms with Crippen LogP contribution < -0.4 is 15.4 Å². The highest BCUT2D eigenvalue weighted by Crippen LogP contribution is 2.28. The third-order valence-corrected chi connectivity index (χ3v) is 5.25. The maximum atomic E-state index is 12.4. The Morgan fingerprint density at radius 2 is 1.96 bits per heavy atom. The first-order valence-corrected chi connectivity index (χ1v) is 8.93. The third kappa shape index (κ3) is 4.48. The van der Waals surface area contributed by atoms with Crippen molar-refractivity contribution in [3.63, 3.8) is 0 Å². The largest absolute Gasteiger partial charge is 0.484 e. The molecule has 1 unspecified atom stereocenters. The van der Waals surface area contributed by atoms with E-state index in [0.29, 0.717) is 25.3 Å².